The Kier molecular flexibility index (Phi) is 30.2. The normalized spacial score (nSPS) is 17.4. The van der Waals surface area contributed by atoms with E-state index >= 15 is 0 Å². The van der Waals surface area contributed by atoms with E-state index in [0.717, 1.165) is 45.1 Å². The number of hydrogen-bond acceptors (Lipinski definition) is 13. The van der Waals surface area contributed by atoms with E-state index in [9.17, 15) is 14.4 Å². The van der Waals surface area contributed by atoms with Crippen molar-refractivity contribution in [2.24, 2.45) is 5.92 Å². The predicted octanol–water partition coefficient (Wildman–Crippen LogP) is 8.29. The van der Waals surface area contributed by atoms with Crippen molar-refractivity contribution >= 4 is 23.6 Å². The van der Waals surface area contributed by atoms with Crippen LogP contribution >= 0.6 is 0 Å². The maximum absolute atomic E-state index is 11.2. The highest BCUT2D eigenvalue weighted by Gasteiger charge is 2.32. The van der Waals surface area contributed by atoms with Crippen molar-refractivity contribution in [3.63, 3.8) is 0 Å². The summed E-state index contributed by atoms with van der Waals surface area (Å²) in [6.45, 7) is 35.4. The number of aliphatic hydroxyl groups is 1. The van der Waals surface area contributed by atoms with Gasteiger partial charge in [0.05, 0.1) is 37.9 Å². The SMILES string of the molecule is C=C(C)C(=O)OC(=O)C(=C)C.CC(C)C(=O)OCCCCC1COC(C)(C)O1.CC1(C)OCC(CCCCO)O1.CCN(C(C)C)C(C)C.CN(C)c1ccncc1. The summed E-state index contributed by atoms with van der Waals surface area (Å²) >= 11 is 0. The third-order valence-electron chi connectivity index (χ3n) is 8.46. The molecule has 2 atom stereocenters. The molecule has 0 spiro atoms. The van der Waals surface area contributed by atoms with E-state index in [2.05, 4.69) is 62.4 Å². The quantitative estimate of drug-likeness (QED) is 0.0739. The number of carbonyl (C=O) groups excluding carboxylic acids is 3. The largest absolute Gasteiger partial charge is 0.465 e. The zero-order valence-electron chi connectivity index (χ0n) is 38.9. The monoisotopic (exact) mass is 824 g/mol. The van der Waals surface area contributed by atoms with Crippen molar-refractivity contribution < 1.29 is 47.9 Å². The molecule has 0 amide bonds. The van der Waals surface area contributed by atoms with E-state index < -0.39 is 23.5 Å². The lowest BCUT2D eigenvalue weighted by Gasteiger charge is -2.28. The van der Waals surface area contributed by atoms with Gasteiger partial charge in [0.25, 0.3) is 0 Å². The number of aromatic nitrogens is 1. The molecule has 2 aliphatic heterocycles. The Hall–Kier alpha value is -3.20. The van der Waals surface area contributed by atoms with Crippen LogP contribution in [0.4, 0.5) is 5.69 Å². The van der Waals surface area contributed by atoms with Crippen LogP contribution in [0, 0.1) is 5.92 Å². The molecule has 336 valence electrons. The smallest absolute Gasteiger partial charge is 0.340 e. The molecular weight excluding hydrogens is 743 g/mol. The average Bonchev–Trinajstić information content (AvgIpc) is 3.67. The van der Waals surface area contributed by atoms with Crippen LogP contribution in [0.2, 0.25) is 0 Å². The summed E-state index contributed by atoms with van der Waals surface area (Å²) in [5.74, 6) is -2.41. The first kappa shape index (κ1) is 56.9. The summed E-state index contributed by atoms with van der Waals surface area (Å²) in [5.41, 5.74) is 1.57. The molecule has 2 aliphatic rings. The van der Waals surface area contributed by atoms with Crippen LogP contribution in [-0.2, 0) is 42.8 Å². The third-order valence-corrected chi connectivity index (χ3v) is 8.46. The van der Waals surface area contributed by atoms with Gasteiger partial charge in [-0.15, -0.1) is 0 Å². The van der Waals surface area contributed by atoms with E-state index in [0.29, 0.717) is 31.9 Å². The van der Waals surface area contributed by atoms with Crippen molar-refractivity contribution in [2.45, 2.75) is 164 Å². The molecule has 1 N–H and O–H groups in total. The number of anilines is 1. The Morgan fingerprint density at radius 3 is 1.52 bits per heavy atom. The van der Waals surface area contributed by atoms with Crippen molar-refractivity contribution in [2.75, 3.05) is 52.0 Å². The zero-order chi connectivity index (χ0) is 45.1. The molecule has 3 rings (SSSR count). The number of unbranched alkanes of at least 4 members (excludes halogenated alkanes) is 2. The predicted molar refractivity (Wildman–Crippen MR) is 232 cm³/mol. The van der Waals surface area contributed by atoms with Crippen molar-refractivity contribution in [1.82, 2.24) is 9.88 Å². The number of aliphatic hydroxyl groups excluding tert-OH is 1. The molecule has 1 aromatic heterocycles. The molecule has 0 bridgehead atoms. The Morgan fingerprint density at radius 1 is 0.810 bits per heavy atom. The lowest BCUT2D eigenvalue weighted by Crippen LogP contribution is -2.36. The van der Waals surface area contributed by atoms with E-state index in [-0.39, 0.29) is 41.8 Å². The maximum Gasteiger partial charge on any atom is 0.340 e. The second kappa shape index (κ2) is 30.8. The average molecular weight is 824 g/mol. The number of pyridine rings is 1. The van der Waals surface area contributed by atoms with Crippen LogP contribution < -0.4 is 4.90 Å². The Balaban J connectivity index is 0. The summed E-state index contributed by atoms with van der Waals surface area (Å²) in [6.07, 6.45) is 9.70. The van der Waals surface area contributed by atoms with Crippen LogP contribution in [-0.4, -0.2) is 116 Å². The summed E-state index contributed by atoms with van der Waals surface area (Å²) < 4.78 is 31.5. The van der Waals surface area contributed by atoms with Gasteiger partial charge in [-0.25, -0.2) is 9.59 Å². The van der Waals surface area contributed by atoms with Gasteiger partial charge in [-0.1, -0.05) is 33.9 Å². The highest BCUT2D eigenvalue weighted by Crippen LogP contribution is 2.26. The first-order valence-electron chi connectivity index (χ1n) is 20.7. The van der Waals surface area contributed by atoms with E-state index in [1.165, 1.54) is 19.5 Å². The molecule has 2 fully saturated rings. The fourth-order valence-corrected chi connectivity index (χ4v) is 5.34. The van der Waals surface area contributed by atoms with Gasteiger partial charge in [0.15, 0.2) is 11.6 Å². The number of rotatable bonds is 16. The fourth-order valence-electron chi connectivity index (χ4n) is 5.34. The maximum atomic E-state index is 11.2. The Morgan fingerprint density at radius 2 is 1.24 bits per heavy atom. The Bertz CT molecular complexity index is 1270. The van der Waals surface area contributed by atoms with E-state index in [1.807, 2.05) is 72.7 Å². The number of hydrogen-bond donors (Lipinski definition) is 1. The lowest BCUT2D eigenvalue weighted by atomic mass is 10.1. The van der Waals surface area contributed by atoms with E-state index in [1.54, 1.807) is 12.4 Å². The molecule has 0 aromatic carbocycles. The molecule has 0 aliphatic carbocycles. The standard InChI is InChI=1S/C13H24O4.C9H18O3.C8H19N.C8H10O3.C7H10N2/c1-10(2)12(14)15-8-6-5-7-11-9-16-13(3,4)17-11;1-9(2)11-7-8(12-9)5-3-4-6-10;1-6-9(7(2)3)8(4)5;1-5(2)7(9)11-8(10)6(3)4;1-9(2)7-3-5-8-6-4-7/h10-11H,5-9H2,1-4H3;8,10H,3-7H2,1-2H3;7-8H,6H2,1-5H3;1,3H2,2,4H3;3-6H,1-2H3. The summed E-state index contributed by atoms with van der Waals surface area (Å²) in [5, 5.41) is 8.57. The zero-order valence-corrected chi connectivity index (χ0v) is 38.9. The number of nitrogens with zero attached hydrogens (tertiary/aromatic N) is 3. The minimum Gasteiger partial charge on any atom is -0.465 e. The second-order valence-electron chi connectivity index (χ2n) is 16.3. The fraction of sp³-hybridized carbons (Fsp3) is 0.733. The van der Waals surface area contributed by atoms with Gasteiger partial charge in [0.2, 0.25) is 0 Å². The van der Waals surface area contributed by atoms with Crippen LogP contribution in [0.3, 0.4) is 0 Å². The Labute approximate surface area is 351 Å². The van der Waals surface area contributed by atoms with Crippen molar-refractivity contribution in [3.05, 3.63) is 48.8 Å². The van der Waals surface area contributed by atoms with Gasteiger partial charge in [0, 0.05) is 62.0 Å². The second-order valence-corrected chi connectivity index (χ2v) is 16.3. The summed E-state index contributed by atoms with van der Waals surface area (Å²) in [4.78, 5) is 40.9. The minimum atomic E-state index is -0.710. The van der Waals surface area contributed by atoms with Crippen molar-refractivity contribution in [1.29, 1.82) is 0 Å². The molecule has 13 heteroatoms. The summed E-state index contributed by atoms with van der Waals surface area (Å²) in [7, 11) is 4.02. The van der Waals surface area contributed by atoms with Gasteiger partial charge in [-0.2, -0.15) is 0 Å². The van der Waals surface area contributed by atoms with E-state index in [4.69, 9.17) is 28.8 Å². The molecule has 0 radical (unpaired) electrons. The number of carbonyl (C=O) groups is 3. The molecule has 3 heterocycles. The number of esters is 3. The first-order valence-corrected chi connectivity index (χ1v) is 20.7. The molecular formula is C45H81N3O10. The molecule has 1 aromatic rings. The summed E-state index contributed by atoms with van der Waals surface area (Å²) in [6, 6.07) is 5.32. The highest BCUT2D eigenvalue weighted by molar-refractivity contribution is 6.00. The van der Waals surface area contributed by atoms with Gasteiger partial charge in [-0.05, 0) is 126 Å². The van der Waals surface area contributed by atoms with Gasteiger partial charge >= 0.3 is 17.9 Å². The van der Waals surface area contributed by atoms with Gasteiger partial charge < -0.3 is 38.4 Å². The number of ether oxygens (including phenoxy) is 6. The topological polar surface area (TPSA) is 146 Å². The molecule has 13 nitrogen and oxygen atoms in total. The molecule has 58 heavy (non-hydrogen) atoms. The minimum absolute atomic E-state index is 0.0395. The highest BCUT2D eigenvalue weighted by atomic mass is 16.7. The van der Waals surface area contributed by atoms with Crippen LogP contribution in [0.5, 0.6) is 0 Å². The van der Waals surface area contributed by atoms with Crippen LogP contribution in [0.25, 0.3) is 0 Å². The molecule has 2 saturated heterocycles. The van der Waals surface area contributed by atoms with Crippen molar-refractivity contribution in [3.8, 4) is 0 Å². The van der Waals surface area contributed by atoms with Crippen LogP contribution in [0.1, 0.15) is 129 Å². The first-order chi connectivity index (χ1) is 26.9. The lowest BCUT2D eigenvalue weighted by molar-refractivity contribution is -0.154. The third kappa shape index (κ3) is 29.1. The molecule has 0 saturated carbocycles. The van der Waals surface area contributed by atoms with Crippen LogP contribution in [0.15, 0.2) is 48.8 Å². The molecule has 2 unspecified atom stereocenters. The van der Waals surface area contributed by atoms with Gasteiger partial charge in [-0.3, -0.25) is 14.7 Å². The van der Waals surface area contributed by atoms with Gasteiger partial charge in [0.1, 0.15) is 0 Å².